The number of nitrogens with two attached hydrogens (primary N) is 1. The highest BCUT2D eigenvalue weighted by molar-refractivity contribution is 5.88. The maximum Gasteiger partial charge on any atom is 0.231 e. The fourth-order valence-corrected chi connectivity index (χ4v) is 3.18. The Kier molecular flexibility index (Phi) is 6.54. The Bertz CT molecular complexity index is 515. The van der Waals surface area contributed by atoms with E-state index in [0.717, 1.165) is 24.8 Å². The summed E-state index contributed by atoms with van der Waals surface area (Å²) in [7, 11) is 0. The first kappa shape index (κ1) is 17.9. The van der Waals surface area contributed by atoms with E-state index in [-0.39, 0.29) is 17.8 Å². The van der Waals surface area contributed by atoms with E-state index in [9.17, 15) is 9.18 Å². The SMILES string of the molecule is CCCCC(CN)NC(=O)C1(c2cccc(F)c2)CCOCC1. The third-order valence-electron chi connectivity index (χ3n) is 4.68. The van der Waals surface area contributed by atoms with Gasteiger partial charge in [-0.25, -0.2) is 4.39 Å². The largest absolute Gasteiger partial charge is 0.381 e. The highest BCUT2D eigenvalue weighted by Crippen LogP contribution is 2.35. The van der Waals surface area contributed by atoms with Gasteiger partial charge in [-0.15, -0.1) is 0 Å². The van der Waals surface area contributed by atoms with Gasteiger partial charge < -0.3 is 15.8 Å². The molecule has 1 aliphatic rings. The number of nitrogens with one attached hydrogen (secondary N) is 1. The zero-order valence-corrected chi connectivity index (χ0v) is 13.8. The Labute approximate surface area is 137 Å². The molecular weight excluding hydrogens is 295 g/mol. The first-order chi connectivity index (χ1) is 11.1. The number of rotatable bonds is 7. The second kappa shape index (κ2) is 8.41. The lowest BCUT2D eigenvalue weighted by Gasteiger charge is -2.37. The van der Waals surface area contributed by atoms with Crippen LogP contribution in [-0.4, -0.2) is 31.7 Å². The first-order valence-corrected chi connectivity index (χ1v) is 8.47. The van der Waals surface area contributed by atoms with Crippen LogP contribution in [0.3, 0.4) is 0 Å². The Morgan fingerprint density at radius 2 is 2.17 bits per heavy atom. The van der Waals surface area contributed by atoms with Crippen molar-refractivity contribution >= 4 is 5.91 Å². The number of amides is 1. The summed E-state index contributed by atoms with van der Waals surface area (Å²) in [4.78, 5) is 13.0. The summed E-state index contributed by atoms with van der Waals surface area (Å²) < 4.78 is 19.1. The topological polar surface area (TPSA) is 64.3 Å². The number of carbonyl (C=O) groups is 1. The molecule has 4 nitrogen and oxygen atoms in total. The molecule has 1 atom stereocenters. The van der Waals surface area contributed by atoms with Gasteiger partial charge in [-0.2, -0.15) is 0 Å². The van der Waals surface area contributed by atoms with Crippen molar-refractivity contribution in [2.75, 3.05) is 19.8 Å². The highest BCUT2D eigenvalue weighted by atomic mass is 19.1. The van der Waals surface area contributed by atoms with Crippen LogP contribution in [0.5, 0.6) is 0 Å². The molecule has 0 aromatic heterocycles. The molecule has 0 saturated carbocycles. The molecule has 3 N–H and O–H groups in total. The van der Waals surface area contributed by atoms with Gasteiger partial charge in [0, 0.05) is 25.8 Å². The Morgan fingerprint density at radius 1 is 1.43 bits per heavy atom. The van der Waals surface area contributed by atoms with Crippen LogP contribution in [0.25, 0.3) is 0 Å². The summed E-state index contributed by atoms with van der Waals surface area (Å²) in [6.45, 7) is 3.54. The Balaban J connectivity index is 2.22. The second-order valence-electron chi connectivity index (χ2n) is 6.25. The van der Waals surface area contributed by atoms with Crippen molar-refractivity contribution in [3.63, 3.8) is 0 Å². The number of halogens is 1. The fraction of sp³-hybridized carbons (Fsp3) is 0.611. The van der Waals surface area contributed by atoms with Crippen LogP contribution in [0.15, 0.2) is 24.3 Å². The van der Waals surface area contributed by atoms with Gasteiger partial charge >= 0.3 is 0 Å². The number of unbranched alkanes of at least 4 members (excludes halogenated alkanes) is 1. The van der Waals surface area contributed by atoms with Crippen molar-refractivity contribution < 1.29 is 13.9 Å². The lowest BCUT2D eigenvalue weighted by molar-refractivity contribution is -0.131. The lowest BCUT2D eigenvalue weighted by atomic mass is 9.73. The molecule has 5 heteroatoms. The van der Waals surface area contributed by atoms with Crippen LogP contribution in [-0.2, 0) is 14.9 Å². The molecule has 1 aromatic rings. The predicted octanol–water partition coefficient (Wildman–Crippen LogP) is 2.51. The molecule has 1 amide bonds. The quantitative estimate of drug-likeness (QED) is 0.811. The Morgan fingerprint density at radius 3 is 2.78 bits per heavy atom. The second-order valence-corrected chi connectivity index (χ2v) is 6.25. The van der Waals surface area contributed by atoms with Crippen LogP contribution in [0.4, 0.5) is 4.39 Å². The zero-order chi connectivity index (χ0) is 16.7. The van der Waals surface area contributed by atoms with Crippen molar-refractivity contribution in [2.24, 2.45) is 5.73 Å². The lowest BCUT2D eigenvalue weighted by Crippen LogP contribution is -2.52. The third kappa shape index (κ3) is 4.30. The number of carbonyl (C=O) groups excluding carboxylic acids is 1. The van der Waals surface area contributed by atoms with E-state index in [1.807, 2.05) is 6.07 Å². The van der Waals surface area contributed by atoms with E-state index < -0.39 is 5.41 Å². The van der Waals surface area contributed by atoms with Gasteiger partial charge in [-0.05, 0) is 37.0 Å². The summed E-state index contributed by atoms with van der Waals surface area (Å²) >= 11 is 0. The number of hydrogen-bond acceptors (Lipinski definition) is 3. The van der Waals surface area contributed by atoms with Gasteiger partial charge in [0.15, 0.2) is 0 Å². The molecule has 2 rings (SSSR count). The van der Waals surface area contributed by atoms with E-state index in [1.165, 1.54) is 12.1 Å². The molecule has 1 aliphatic heterocycles. The molecule has 0 spiro atoms. The molecule has 0 bridgehead atoms. The summed E-state index contributed by atoms with van der Waals surface area (Å²) in [5.74, 6) is -0.375. The molecule has 23 heavy (non-hydrogen) atoms. The van der Waals surface area contributed by atoms with Crippen molar-refractivity contribution in [1.29, 1.82) is 0 Å². The smallest absolute Gasteiger partial charge is 0.231 e. The van der Waals surface area contributed by atoms with Crippen LogP contribution in [0, 0.1) is 5.82 Å². The zero-order valence-electron chi connectivity index (χ0n) is 13.8. The molecule has 128 valence electrons. The minimum Gasteiger partial charge on any atom is -0.381 e. The highest BCUT2D eigenvalue weighted by Gasteiger charge is 2.42. The maximum absolute atomic E-state index is 13.7. The van der Waals surface area contributed by atoms with E-state index in [4.69, 9.17) is 10.5 Å². The normalized spacial score (nSPS) is 18.4. The van der Waals surface area contributed by atoms with Gasteiger partial charge in [0.05, 0.1) is 5.41 Å². The van der Waals surface area contributed by atoms with Crippen LogP contribution in [0.2, 0.25) is 0 Å². The molecule has 1 fully saturated rings. The molecule has 1 aromatic carbocycles. The molecule has 1 heterocycles. The van der Waals surface area contributed by atoms with E-state index in [2.05, 4.69) is 12.2 Å². The standard InChI is InChI=1S/C18H27FN2O2/c1-2-3-7-16(13-20)21-17(22)18(8-10-23-11-9-18)14-5-4-6-15(19)12-14/h4-6,12,16H,2-3,7-11,13,20H2,1H3,(H,21,22). The maximum atomic E-state index is 13.7. The molecule has 1 unspecified atom stereocenters. The van der Waals surface area contributed by atoms with Gasteiger partial charge in [0.1, 0.15) is 5.82 Å². The summed E-state index contributed by atoms with van der Waals surface area (Å²) in [5, 5.41) is 3.09. The average Bonchev–Trinajstić information content (AvgIpc) is 2.59. The number of benzene rings is 1. The summed E-state index contributed by atoms with van der Waals surface area (Å²) in [6, 6.07) is 6.33. The van der Waals surface area contributed by atoms with E-state index in [0.29, 0.717) is 32.6 Å². The van der Waals surface area contributed by atoms with Crippen LogP contribution in [0.1, 0.15) is 44.6 Å². The third-order valence-corrected chi connectivity index (χ3v) is 4.68. The van der Waals surface area contributed by atoms with Crippen LogP contribution < -0.4 is 11.1 Å². The summed E-state index contributed by atoms with van der Waals surface area (Å²) in [6.07, 6.45) is 4.09. The Hall–Kier alpha value is -1.46. The van der Waals surface area contributed by atoms with Gasteiger partial charge in [0.25, 0.3) is 0 Å². The van der Waals surface area contributed by atoms with Crippen LogP contribution >= 0.6 is 0 Å². The number of ether oxygens (including phenoxy) is 1. The minimum absolute atomic E-state index is 0.0317. The van der Waals surface area contributed by atoms with Gasteiger partial charge in [-0.1, -0.05) is 31.9 Å². The molecule has 0 radical (unpaired) electrons. The van der Waals surface area contributed by atoms with E-state index >= 15 is 0 Å². The summed E-state index contributed by atoms with van der Waals surface area (Å²) in [5.41, 5.74) is 5.80. The minimum atomic E-state index is -0.722. The molecule has 0 aliphatic carbocycles. The van der Waals surface area contributed by atoms with Crippen molar-refractivity contribution in [3.8, 4) is 0 Å². The van der Waals surface area contributed by atoms with Crippen molar-refractivity contribution in [2.45, 2.75) is 50.5 Å². The molecular formula is C18H27FN2O2. The predicted molar refractivity (Wildman–Crippen MR) is 88.6 cm³/mol. The fourth-order valence-electron chi connectivity index (χ4n) is 3.18. The van der Waals surface area contributed by atoms with E-state index in [1.54, 1.807) is 6.07 Å². The number of hydrogen-bond donors (Lipinski definition) is 2. The molecule has 1 saturated heterocycles. The monoisotopic (exact) mass is 322 g/mol. The van der Waals surface area contributed by atoms with Crippen molar-refractivity contribution in [3.05, 3.63) is 35.6 Å². The van der Waals surface area contributed by atoms with Crippen molar-refractivity contribution in [1.82, 2.24) is 5.32 Å². The van der Waals surface area contributed by atoms with Gasteiger partial charge in [-0.3, -0.25) is 4.79 Å². The first-order valence-electron chi connectivity index (χ1n) is 8.47. The van der Waals surface area contributed by atoms with Gasteiger partial charge in [0.2, 0.25) is 5.91 Å². The average molecular weight is 322 g/mol.